The van der Waals surface area contributed by atoms with Crippen LogP contribution < -0.4 is 10.7 Å². The lowest BCUT2D eigenvalue weighted by Crippen LogP contribution is -2.09. The minimum atomic E-state index is -1.09. The number of carboxylic acids is 1. The SMILES string of the molecule is CCC(=S)Nc1ccc(C(=O)O)c(-c2c3ccc(=O)cc-3oc3cc(O)ccc23)c1. The van der Waals surface area contributed by atoms with E-state index >= 15 is 0 Å². The van der Waals surface area contributed by atoms with Crippen LogP contribution in [-0.2, 0) is 0 Å². The number of fused-ring (bicyclic) bond motifs is 2. The molecule has 0 saturated heterocycles. The highest BCUT2D eigenvalue weighted by Gasteiger charge is 2.22. The molecule has 1 aliphatic carbocycles. The summed E-state index contributed by atoms with van der Waals surface area (Å²) in [7, 11) is 0. The van der Waals surface area contributed by atoms with Crippen molar-refractivity contribution in [1.82, 2.24) is 0 Å². The Hall–Kier alpha value is -3.71. The summed E-state index contributed by atoms with van der Waals surface area (Å²) in [5.74, 6) is -0.790. The van der Waals surface area contributed by atoms with Crippen molar-refractivity contribution in [3.8, 4) is 28.2 Å². The van der Waals surface area contributed by atoms with E-state index in [1.165, 1.54) is 30.3 Å². The molecule has 0 aromatic heterocycles. The Balaban J connectivity index is 2.11. The normalized spacial score (nSPS) is 11.0. The van der Waals surface area contributed by atoms with Crippen molar-refractivity contribution in [2.75, 3.05) is 5.32 Å². The highest BCUT2D eigenvalue weighted by atomic mass is 32.1. The average Bonchev–Trinajstić information content (AvgIpc) is 2.71. The fraction of sp³-hybridized carbons (Fsp3) is 0.0870. The van der Waals surface area contributed by atoms with Crippen LogP contribution in [0.25, 0.3) is 33.4 Å². The first-order valence-electron chi connectivity index (χ1n) is 9.24. The number of hydrogen-bond donors (Lipinski definition) is 3. The molecule has 4 rings (SSSR count). The summed E-state index contributed by atoms with van der Waals surface area (Å²) in [4.78, 5) is 24.5. The van der Waals surface area contributed by atoms with Gasteiger partial charge in [-0.15, -0.1) is 0 Å². The summed E-state index contributed by atoms with van der Waals surface area (Å²) in [6, 6.07) is 13.9. The van der Waals surface area contributed by atoms with E-state index in [2.05, 4.69) is 5.32 Å². The molecule has 0 fully saturated rings. The lowest BCUT2D eigenvalue weighted by atomic mass is 9.90. The van der Waals surface area contributed by atoms with Gasteiger partial charge in [0.15, 0.2) is 5.43 Å². The second kappa shape index (κ2) is 7.61. The van der Waals surface area contributed by atoms with Crippen molar-refractivity contribution in [2.45, 2.75) is 13.3 Å². The monoisotopic (exact) mass is 419 g/mol. The molecule has 7 heteroatoms. The van der Waals surface area contributed by atoms with E-state index < -0.39 is 5.97 Å². The molecule has 2 aliphatic rings. The van der Waals surface area contributed by atoms with Gasteiger partial charge in [0.25, 0.3) is 0 Å². The zero-order valence-corrected chi connectivity index (χ0v) is 16.7. The molecule has 2 aromatic carbocycles. The molecule has 6 nitrogen and oxygen atoms in total. The van der Waals surface area contributed by atoms with E-state index in [1.54, 1.807) is 24.3 Å². The summed E-state index contributed by atoms with van der Waals surface area (Å²) in [6.45, 7) is 1.93. The van der Waals surface area contributed by atoms with Gasteiger partial charge in [0, 0.05) is 34.3 Å². The predicted octanol–water partition coefficient (Wildman–Crippen LogP) is 5.12. The van der Waals surface area contributed by atoms with Gasteiger partial charge in [0.05, 0.1) is 10.6 Å². The van der Waals surface area contributed by atoms with Gasteiger partial charge in [-0.3, -0.25) is 4.79 Å². The standard InChI is InChI=1S/C23H17NO5S/c1-2-21(30)24-12-3-6-15(23(27)28)18(9-12)22-16-7-4-13(25)10-19(16)29-20-11-14(26)5-8-17(20)22/h3-11,25H,2H2,1H3,(H,24,30)(H,27,28). The smallest absolute Gasteiger partial charge is 0.336 e. The van der Waals surface area contributed by atoms with Crippen molar-refractivity contribution in [3.63, 3.8) is 0 Å². The molecule has 0 atom stereocenters. The van der Waals surface area contributed by atoms with Crippen LogP contribution in [0, 0.1) is 0 Å². The van der Waals surface area contributed by atoms with Crippen LogP contribution in [0.15, 0.2) is 63.8 Å². The molecule has 3 N–H and O–H groups in total. The number of aromatic hydroxyl groups is 1. The zero-order valence-electron chi connectivity index (χ0n) is 15.9. The van der Waals surface area contributed by atoms with Crippen molar-refractivity contribution < 1.29 is 19.4 Å². The lowest BCUT2D eigenvalue weighted by Gasteiger charge is -2.18. The van der Waals surface area contributed by atoms with Crippen LogP contribution in [0.4, 0.5) is 5.69 Å². The van der Waals surface area contributed by atoms with Crippen LogP contribution in [-0.4, -0.2) is 21.2 Å². The molecule has 1 heterocycles. The summed E-state index contributed by atoms with van der Waals surface area (Å²) < 4.78 is 5.84. The number of anilines is 1. The van der Waals surface area contributed by atoms with Crippen LogP contribution in [0.2, 0.25) is 0 Å². The fourth-order valence-electron chi connectivity index (χ4n) is 3.41. The number of hydrogen-bond acceptors (Lipinski definition) is 5. The Morgan fingerprint density at radius 2 is 1.87 bits per heavy atom. The predicted molar refractivity (Wildman–Crippen MR) is 120 cm³/mol. The molecular formula is C23H17NO5S. The Morgan fingerprint density at radius 3 is 2.60 bits per heavy atom. The lowest BCUT2D eigenvalue weighted by molar-refractivity contribution is 0.0698. The van der Waals surface area contributed by atoms with Gasteiger partial charge in [0.2, 0.25) is 0 Å². The first-order valence-corrected chi connectivity index (χ1v) is 9.65. The summed E-state index contributed by atoms with van der Waals surface area (Å²) >= 11 is 5.26. The number of aromatic carboxylic acids is 1. The molecule has 150 valence electrons. The highest BCUT2D eigenvalue weighted by molar-refractivity contribution is 7.80. The van der Waals surface area contributed by atoms with Gasteiger partial charge in [-0.05, 0) is 54.4 Å². The van der Waals surface area contributed by atoms with Crippen molar-refractivity contribution in [3.05, 3.63) is 70.4 Å². The summed E-state index contributed by atoms with van der Waals surface area (Å²) in [5.41, 5.74) is 2.47. The highest BCUT2D eigenvalue weighted by Crippen LogP contribution is 2.42. The molecule has 0 saturated carbocycles. The average molecular weight is 419 g/mol. The van der Waals surface area contributed by atoms with Gasteiger partial charge < -0.3 is 19.9 Å². The third-order valence-corrected chi connectivity index (χ3v) is 5.19. The first-order chi connectivity index (χ1) is 14.4. The molecule has 0 bridgehead atoms. The summed E-state index contributed by atoms with van der Waals surface area (Å²) in [5, 5.41) is 23.4. The molecule has 1 aliphatic heterocycles. The molecule has 0 radical (unpaired) electrons. The minimum Gasteiger partial charge on any atom is -0.508 e. The van der Waals surface area contributed by atoms with Gasteiger partial charge in [0.1, 0.15) is 17.1 Å². The molecule has 0 unspecified atom stereocenters. The number of thiocarbonyl (C=S) groups is 1. The quantitative estimate of drug-likeness (QED) is 0.312. The number of rotatable bonds is 4. The second-order valence-electron chi connectivity index (χ2n) is 6.78. The largest absolute Gasteiger partial charge is 0.508 e. The number of nitrogens with one attached hydrogen (secondary N) is 1. The van der Waals surface area contributed by atoms with Crippen LogP contribution in [0.3, 0.4) is 0 Å². The maximum atomic E-state index is 12.0. The van der Waals surface area contributed by atoms with Crippen molar-refractivity contribution in [1.29, 1.82) is 0 Å². The van der Waals surface area contributed by atoms with E-state index in [0.29, 0.717) is 50.5 Å². The van der Waals surface area contributed by atoms with Gasteiger partial charge >= 0.3 is 5.97 Å². The van der Waals surface area contributed by atoms with Crippen molar-refractivity contribution >= 4 is 39.8 Å². The fourth-order valence-corrected chi connectivity index (χ4v) is 3.53. The van der Waals surface area contributed by atoms with Crippen LogP contribution in [0.5, 0.6) is 5.75 Å². The number of carboxylic acid groups (broad SMARTS) is 1. The zero-order chi connectivity index (χ0) is 21.4. The van der Waals surface area contributed by atoms with Gasteiger partial charge in [-0.1, -0.05) is 19.1 Å². The van der Waals surface area contributed by atoms with E-state index in [4.69, 9.17) is 16.6 Å². The number of carbonyl (C=O) groups is 1. The maximum absolute atomic E-state index is 12.0. The minimum absolute atomic E-state index is 0.00278. The Morgan fingerprint density at radius 1 is 1.07 bits per heavy atom. The topological polar surface area (TPSA) is 99.8 Å². The van der Waals surface area contributed by atoms with Crippen molar-refractivity contribution in [2.24, 2.45) is 0 Å². The Kier molecular flexibility index (Phi) is 4.97. The first kappa shape index (κ1) is 19.6. The third kappa shape index (κ3) is 3.51. The van der Waals surface area contributed by atoms with Crippen LogP contribution in [0.1, 0.15) is 23.7 Å². The van der Waals surface area contributed by atoms with Crippen LogP contribution >= 0.6 is 12.2 Å². The van der Waals surface area contributed by atoms with Gasteiger partial charge in [-0.2, -0.15) is 0 Å². The van der Waals surface area contributed by atoms with E-state index in [9.17, 15) is 19.8 Å². The molecule has 30 heavy (non-hydrogen) atoms. The van der Waals surface area contributed by atoms with E-state index in [-0.39, 0.29) is 16.7 Å². The third-order valence-electron chi connectivity index (χ3n) is 4.80. The maximum Gasteiger partial charge on any atom is 0.336 e. The molecular weight excluding hydrogens is 402 g/mol. The van der Waals surface area contributed by atoms with Gasteiger partial charge in [-0.25, -0.2) is 4.79 Å². The van der Waals surface area contributed by atoms with E-state index in [1.807, 2.05) is 6.92 Å². The molecule has 0 amide bonds. The Labute approximate surface area is 176 Å². The molecule has 0 spiro atoms. The number of phenols is 1. The number of phenolic OH excluding ortho intramolecular Hbond substituents is 1. The number of benzene rings is 3. The Bertz CT molecular complexity index is 1340. The molecule has 2 aromatic rings. The summed E-state index contributed by atoms with van der Waals surface area (Å²) in [6.07, 6.45) is 0.646. The second-order valence-corrected chi connectivity index (χ2v) is 7.28. The van der Waals surface area contributed by atoms with E-state index in [0.717, 1.165) is 0 Å².